The van der Waals surface area contributed by atoms with Crippen molar-refractivity contribution >= 4 is 11.9 Å². The van der Waals surface area contributed by atoms with Gasteiger partial charge in [-0.25, -0.2) is 0 Å². The molecule has 2 aliphatic rings. The third-order valence-electron chi connectivity index (χ3n) is 3.99. The zero-order valence-electron chi connectivity index (χ0n) is 11.0. The van der Waals surface area contributed by atoms with Gasteiger partial charge in [0.25, 0.3) is 0 Å². The molecule has 5 nitrogen and oxygen atoms in total. The number of hydrogen-bond donors (Lipinski definition) is 1. The van der Waals surface area contributed by atoms with Crippen molar-refractivity contribution in [2.75, 3.05) is 26.7 Å². The van der Waals surface area contributed by atoms with E-state index in [4.69, 9.17) is 0 Å². The number of rotatable bonds is 4. The van der Waals surface area contributed by atoms with Crippen molar-refractivity contribution < 1.29 is 14.3 Å². The monoisotopic (exact) mass is 254 g/mol. The number of amides is 1. The lowest BCUT2D eigenvalue weighted by Crippen LogP contribution is -2.54. The highest BCUT2D eigenvalue weighted by Gasteiger charge is 2.33. The number of piperidine rings is 2. The first kappa shape index (κ1) is 13.3. The molecule has 102 valence electrons. The summed E-state index contributed by atoms with van der Waals surface area (Å²) in [4.78, 5) is 24.7. The average molecular weight is 254 g/mol. The van der Waals surface area contributed by atoms with Gasteiger partial charge in [0, 0.05) is 32.0 Å². The largest absolute Gasteiger partial charge is 0.469 e. The molecule has 2 aliphatic heterocycles. The molecule has 0 aromatic heterocycles. The first-order valence-corrected chi connectivity index (χ1v) is 6.77. The smallest absolute Gasteiger partial charge is 0.305 e. The van der Waals surface area contributed by atoms with Crippen LogP contribution in [0.5, 0.6) is 0 Å². The molecular weight excluding hydrogens is 232 g/mol. The molecule has 0 spiro atoms. The number of esters is 1. The van der Waals surface area contributed by atoms with Gasteiger partial charge in [-0.15, -0.1) is 0 Å². The highest BCUT2D eigenvalue weighted by molar-refractivity contribution is 5.77. The molecule has 0 bridgehead atoms. The highest BCUT2D eigenvalue weighted by Crippen LogP contribution is 2.25. The van der Waals surface area contributed by atoms with Gasteiger partial charge in [0.05, 0.1) is 7.11 Å². The highest BCUT2D eigenvalue weighted by atomic mass is 16.5. The van der Waals surface area contributed by atoms with Gasteiger partial charge in [-0.1, -0.05) is 0 Å². The molecule has 2 heterocycles. The maximum absolute atomic E-state index is 11.3. The number of carbonyl (C=O) groups is 2. The lowest BCUT2D eigenvalue weighted by molar-refractivity contribution is -0.140. The number of hydrogen-bond acceptors (Lipinski definition) is 4. The summed E-state index contributed by atoms with van der Waals surface area (Å²) in [5.41, 5.74) is 0. The molecule has 0 saturated carbocycles. The fraction of sp³-hybridized carbons (Fsp3) is 0.846. The first-order chi connectivity index (χ1) is 8.69. The minimum Gasteiger partial charge on any atom is -0.469 e. The van der Waals surface area contributed by atoms with Gasteiger partial charge >= 0.3 is 5.97 Å². The van der Waals surface area contributed by atoms with Crippen LogP contribution in [0.3, 0.4) is 0 Å². The van der Waals surface area contributed by atoms with Crippen LogP contribution < -0.4 is 5.32 Å². The zero-order chi connectivity index (χ0) is 13.0. The summed E-state index contributed by atoms with van der Waals surface area (Å²) in [5, 5.41) is 3.08. The van der Waals surface area contributed by atoms with Gasteiger partial charge in [-0.2, -0.15) is 0 Å². The second-order valence-corrected chi connectivity index (χ2v) is 5.24. The molecular formula is C13H22N2O3. The maximum atomic E-state index is 11.3. The average Bonchev–Trinajstić information content (AvgIpc) is 2.38. The van der Waals surface area contributed by atoms with Crippen molar-refractivity contribution in [2.45, 2.75) is 38.1 Å². The molecule has 2 atom stereocenters. The van der Waals surface area contributed by atoms with Crippen LogP contribution >= 0.6 is 0 Å². The van der Waals surface area contributed by atoms with Crippen molar-refractivity contribution in [3.63, 3.8) is 0 Å². The van der Waals surface area contributed by atoms with E-state index in [-0.39, 0.29) is 11.9 Å². The molecule has 2 saturated heterocycles. The summed E-state index contributed by atoms with van der Waals surface area (Å²) in [6.07, 6.45) is 4.06. The predicted octanol–water partition coefficient (Wildman–Crippen LogP) is 0.540. The van der Waals surface area contributed by atoms with Gasteiger partial charge in [0.2, 0.25) is 5.91 Å². The summed E-state index contributed by atoms with van der Waals surface area (Å²) >= 11 is 0. The molecule has 5 heteroatoms. The molecule has 0 aromatic carbocycles. The Morgan fingerprint density at radius 3 is 3.11 bits per heavy atom. The number of fused-ring (bicyclic) bond motifs is 1. The van der Waals surface area contributed by atoms with Gasteiger partial charge in [0.1, 0.15) is 0 Å². The quantitative estimate of drug-likeness (QED) is 0.744. The zero-order valence-corrected chi connectivity index (χ0v) is 11.0. The third-order valence-corrected chi connectivity index (χ3v) is 3.99. The summed E-state index contributed by atoms with van der Waals surface area (Å²) in [5.74, 6) is 0.666. The Labute approximate surface area is 108 Å². The van der Waals surface area contributed by atoms with Gasteiger partial charge in [-0.05, 0) is 31.7 Å². The second-order valence-electron chi connectivity index (χ2n) is 5.24. The fourth-order valence-corrected chi connectivity index (χ4v) is 2.94. The Balaban J connectivity index is 1.70. The van der Waals surface area contributed by atoms with Crippen molar-refractivity contribution in [3.05, 3.63) is 0 Å². The number of methoxy groups -OCH3 is 1. The number of nitrogens with one attached hydrogen (secondary N) is 1. The van der Waals surface area contributed by atoms with E-state index in [1.807, 2.05) is 0 Å². The van der Waals surface area contributed by atoms with Crippen LogP contribution in [-0.4, -0.2) is 49.6 Å². The van der Waals surface area contributed by atoms with Crippen LogP contribution in [0, 0.1) is 5.92 Å². The summed E-state index contributed by atoms with van der Waals surface area (Å²) < 4.78 is 4.63. The normalized spacial score (nSPS) is 28.4. The SMILES string of the molecule is COC(=O)CCCN1CCC2NC(=O)CCC2C1. The summed E-state index contributed by atoms with van der Waals surface area (Å²) in [7, 11) is 1.43. The van der Waals surface area contributed by atoms with Crippen molar-refractivity contribution in [1.82, 2.24) is 10.2 Å². The molecule has 0 radical (unpaired) electrons. The van der Waals surface area contributed by atoms with Crippen molar-refractivity contribution in [1.29, 1.82) is 0 Å². The molecule has 1 amide bonds. The van der Waals surface area contributed by atoms with Crippen molar-refractivity contribution in [3.8, 4) is 0 Å². The van der Waals surface area contributed by atoms with E-state index in [1.165, 1.54) is 7.11 Å². The Hall–Kier alpha value is -1.10. The third kappa shape index (κ3) is 3.45. The molecule has 1 N–H and O–H groups in total. The van der Waals surface area contributed by atoms with Crippen molar-refractivity contribution in [2.24, 2.45) is 5.92 Å². The Kier molecular flexibility index (Phi) is 4.58. The van der Waals surface area contributed by atoms with E-state index < -0.39 is 0 Å². The molecule has 2 rings (SSSR count). The van der Waals surface area contributed by atoms with Crippen LogP contribution in [-0.2, 0) is 14.3 Å². The van der Waals surface area contributed by atoms with Gasteiger partial charge in [0.15, 0.2) is 0 Å². The minimum atomic E-state index is -0.130. The van der Waals surface area contributed by atoms with Gasteiger partial charge in [-0.3, -0.25) is 9.59 Å². The van der Waals surface area contributed by atoms with E-state index in [0.717, 1.165) is 38.9 Å². The van der Waals surface area contributed by atoms with E-state index in [9.17, 15) is 9.59 Å². The molecule has 18 heavy (non-hydrogen) atoms. The van der Waals surface area contributed by atoms with Crippen LogP contribution in [0.25, 0.3) is 0 Å². The van der Waals surface area contributed by atoms with Crippen LogP contribution in [0.4, 0.5) is 0 Å². The van der Waals surface area contributed by atoms with Crippen LogP contribution in [0.1, 0.15) is 32.1 Å². The molecule has 2 fully saturated rings. The maximum Gasteiger partial charge on any atom is 0.305 e. The Morgan fingerprint density at radius 2 is 2.33 bits per heavy atom. The molecule has 0 aliphatic carbocycles. The second kappa shape index (κ2) is 6.18. The standard InChI is InChI=1S/C13H22N2O3/c1-18-13(17)3-2-7-15-8-6-11-10(9-15)4-5-12(16)14-11/h10-11H,2-9H2,1H3,(H,14,16). The molecule has 0 aromatic rings. The predicted molar refractivity (Wildman–Crippen MR) is 67.0 cm³/mol. The fourth-order valence-electron chi connectivity index (χ4n) is 2.94. The Bertz CT molecular complexity index is 319. The molecule has 2 unspecified atom stereocenters. The number of nitrogens with zero attached hydrogens (tertiary/aromatic N) is 1. The number of ether oxygens (including phenoxy) is 1. The summed E-state index contributed by atoms with van der Waals surface area (Å²) in [6, 6.07) is 0.378. The number of carbonyl (C=O) groups excluding carboxylic acids is 2. The van der Waals surface area contributed by atoms with E-state index >= 15 is 0 Å². The van der Waals surface area contributed by atoms with E-state index in [0.29, 0.717) is 24.8 Å². The van der Waals surface area contributed by atoms with Crippen LogP contribution in [0.15, 0.2) is 0 Å². The minimum absolute atomic E-state index is 0.130. The first-order valence-electron chi connectivity index (χ1n) is 6.77. The van der Waals surface area contributed by atoms with Gasteiger partial charge < -0.3 is 15.0 Å². The lowest BCUT2D eigenvalue weighted by Gasteiger charge is -2.41. The number of likely N-dealkylation sites (tertiary alicyclic amines) is 1. The van der Waals surface area contributed by atoms with Crippen LogP contribution in [0.2, 0.25) is 0 Å². The lowest BCUT2D eigenvalue weighted by atomic mass is 9.85. The summed E-state index contributed by atoms with van der Waals surface area (Å²) in [6.45, 7) is 3.01. The van der Waals surface area contributed by atoms with E-state index in [2.05, 4.69) is 15.0 Å². The topological polar surface area (TPSA) is 58.6 Å². The van der Waals surface area contributed by atoms with E-state index in [1.54, 1.807) is 0 Å². The Morgan fingerprint density at radius 1 is 1.50 bits per heavy atom.